The topological polar surface area (TPSA) is 12.0 Å². The average Bonchev–Trinajstić information content (AvgIpc) is 2.81. The fourth-order valence-corrected chi connectivity index (χ4v) is 4.72. The van der Waals surface area contributed by atoms with Gasteiger partial charge >= 0.3 is 0 Å². The number of fused-ring (bicyclic) bond motifs is 1. The molecular weight excluding hydrogens is 194 g/mol. The molecule has 1 N–H and O–H groups in total. The van der Waals surface area contributed by atoms with E-state index < -0.39 is 0 Å². The summed E-state index contributed by atoms with van der Waals surface area (Å²) in [5.74, 6) is 4.37. The average molecular weight is 221 g/mol. The SMILES string of the molecule is CNC(CC1CCCCC1)C1C2CCCC21. The highest BCUT2D eigenvalue weighted by Gasteiger charge is 2.55. The maximum atomic E-state index is 3.64. The van der Waals surface area contributed by atoms with Gasteiger partial charge in [-0.25, -0.2) is 0 Å². The number of hydrogen-bond donors (Lipinski definition) is 1. The molecule has 16 heavy (non-hydrogen) atoms. The lowest BCUT2D eigenvalue weighted by molar-refractivity contribution is 0.278. The molecule has 3 atom stereocenters. The zero-order valence-corrected chi connectivity index (χ0v) is 10.8. The molecule has 0 aliphatic heterocycles. The second-order valence-electron chi connectivity index (χ2n) is 6.47. The van der Waals surface area contributed by atoms with Gasteiger partial charge in [0, 0.05) is 6.04 Å². The van der Waals surface area contributed by atoms with Crippen molar-refractivity contribution in [2.45, 2.75) is 63.8 Å². The fourth-order valence-electron chi connectivity index (χ4n) is 4.72. The Bertz CT molecular complexity index is 222. The maximum absolute atomic E-state index is 3.64. The van der Waals surface area contributed by atoms with E-state index in [2.05, 4.69) is 12.4 Å². The minimum Gasteiger partial charge on any atom is -0.317 e. The van der Waals surface area contributed by atoms with Crippen molar-refractivity contribution in [3.8, 4) is 0 Å². The molecule has 0 aromatic rings. The molecule has 1 nitrogen and oxygen atoms in total. The third-order valence-corrected chi connectivity index (χ3v) is 5.62. The number of hydrogen-bond acceptors (Lipinski definition) is 1. The van der Waals surface area contributed by atoms with Crippen molar-refractivity contribution in [1.82, 2.24) is 5.32 Å². The van der Waals surface area contributed by atoms with Gasteiger partial charge in [0.05, 0.1) is 0 Å². The summed E-state index contributed by atoms with van der Waals surface area (Å²) in [6, 6.07) is 0.860. The Labute approximate surface area is 100 Å². The van der Waals surface area contributed by atoms with Gasteiger partial charge in [-0.2, -0.15) is 0 Å². The summed E-state index contributed by atoms with van der Waals surface area (Å²) in [6.07, 6.45) is 13.6. The quantitative estimate of drug-likeness (QED) is 0.765. The highest BCUT2D eigenvalue weighted by atomic mass is 14.9. The molecule has 3 saturated carbocycles. The van der Waals surface area contributed by atoms with E-state index in [0.29, 0.717) is 0 Å². The number of nitrogens with one attached hydrogen (secondary N) is 1. The van der Waals surface area contributed by atoms with Crippen molar-refractivity contribution < 1.29 is 0 Å². The van der Waals surface area contributed by atoms with Gasteiger partial charge in [-0.05, 0) is 50.0 Å². The molecule has 3 fully saturated rings. The van der Waals surface area contributed by atoms with Crippen LogP contribution in [0.3, 0.4) is 0 Å². The molecule has 3 unspecified atom stereocenters. The Hall–Kier alpha value is -0.0400. The van der Waals surface area contributed by atoms with Gasteiger partial charge in [-0.15, -0.1) is 0 Å². The van der Waals surface area contributed by atoms with Crippen molar-refractivity contribution in [3.05, 3.63) is 0 Å². The molecule has 3 aliphatic carbocycles. The summed E-state index contributed by atoms with van der Waals surface area (Å²) in [5, 5.41) is 3.64. The smallest absolute Gasteiger partial charge is 0.0100 e. The second kappa shape index (κ2) is 4.68. The van der Waals surface area contributed by atoms with Crippen LogP contribution in [0.2, 0.25) is 0 Å². The van der Waals surface area contributed by atoms with E-state index in [1.807, 2.05) is 0 Å². The van der Waals surface area contributed by atoms with Crippen molar-refractivity contribution in [2.75, 3.05) is 7.05 Å². The van der Waals surface area contributed by atoms with Gasteiger partial charge in [0.2, 0.25) is 0 Å². The standard InChI is InChI=1S/C15H27N/c1-16-14(10-11-6-3-2-4-7-11)15-12-8-5-9-13(12)15/h11-16H,2-10H2,1H3. The Balaban J connectivity index is 1.51. The third-order valence-electron chi connectivity index (χ3n) is 5.62. The minimum absolute atomic E-state index is 0.860. The first-order chi connectivity index (χ1) is 7.90. The molecule has 1 heteroatoms. The summed E-state index contributed by atoms with van der Waals surface area (Å²) in [4.78, 5) is 0. The van der Waals surface area contributed by atoms with E-state index in [1.54, 1.807) is 0 Å². The molecule has 0 aromatic carbocycles. The van der Waals surface area contributed by atoms with Gasteiger partial charge in [0.25, 0.3) is 0 Å². The first-order valence-electron chi connectivity index (χ1n) is 7.57. The van der Waals surface area contributed by atoms with E-state index in [0.717, 1.165) is 29.7 Å². The van der Waals surface area contributed by atoms with Crippen LogP contribution in [0.1, 0.15) is 57.8 Å². The summed E-state index contributed by atoms with van der Waals surface area (Å²) in [7, 11) is 2.20. The normalized spacial score (nSPS) is 40.7. The zero-order valence-electron chi connectivity index (χ0n) is 10.8. The van der Waals surface area contributed by atoms with Crippen molar-refractivity contribution in [3.63, 3.8) is 0 Å². The lowest BCUT2D eigenvalue weighted by atomic mass is 9.83. The van der Waals surface area contributed by atoms with Gasteiger partial charge in [-0.1, -0.05) is 38.5 Å². The van der Waals surface area contributed by atoms with Crippen LogP contribution >= 0.6 is 0 Å². The van der Waals surface area contributed by atoms with Gasteiger partial charge in [0.15, 0.2) is 0 Å². The predicted molar refractivity (Wildman–Crippen MR) is 68.4 cm³/mol. The highest BCUT2D eigenvalue weighted by molar-refractivity contribution is 5.06. The van der Waals surface area contributed by atoms with Crippen LogP contribution in [-0.4, -0.2) is 13.1 Å². The summed E-state index contributed by atoms with van der Waals surface area (Å²) >= 11 is 0. The van der Waals surface area contributed by atoms with E-state index in [4.69, 9.17) is 0 Å². The predicted octanol–water partition coefficient (Wildman–Crippen LogP) is 3.59. The molecule has 0 aromatic heterocycles. The molecule has 0 heterocycles. The van der Waals surface area contributed by atoms with Crippen LogP contribution in [0.25, 0.3) is 0 Å². The molecule has 92 valence electrons. The van der Waals surface area contributed by atoms with Crippen LogP contribution in [-0.2, 0) is 0 Å². The Morgan fingerprint density at radius 1 is 0.938 bits per heavy atom. The summed E-state index contributed by atoms with van der Waals surface area (Å²) in [6.45, 7) is 0. The van der Waals surface area contributed by atoms with Crippen LogP contribution in [0, 0.1) is 23.7 Å². The van der Waals surface area contributed by atoms with E-state index in [9.17, 15) is 0 Å². The van der Waals surface area contributed by atoms with E-state index >= 15 is 0 Å². The molecule has 3 rings (SSSR count). The molecule has 0 amide bonds. The minimum atomic E-state index is 0.860. The molecule has 0 bridgehead atoms. The Morgan fingerprint density at radius 3 is 2.25 bits per heavy atom. The largest absolute Gasteiger partial charge is 0.317 e. The molecule has 3 aliphatic rings. The molecular formula is C15H27N. The summed E-state index contributed by atoms with van der Waals surface area (Å²) in [5.41, 5.74) is 0. The highest BCUT2D eigenvalue weighted by Crippen LogP contribution is 2.59. The van der Waals surface area contributed by atoms with Crippen molar-refractivity contribution in [1.29, 1.82) is 0 Å². The van der Waals surface area contributed by atoms with Crippen LogP contribution < -0.4 is 5.32 Å². The van der Waals surface area contributed by atoms with Crippen molar-refractivity contribution in [2.24, 2.45) is 23.7 Å². The molecule has 0 spiro atoms. The van der Waals surface area contributed by atoms with Crippen LogP contribution in [0.4, 0.5) is 0 Å². The number of rotatable bonds is 4. The monoisotopic (exact) mass is 221 g/mol. The summed E-state index contributed by atoms with van der Waals surface area (Å²) < 4.78 is 0. The zero-order chi connectivity index (χ0) is 11.0. The third kappa shape index (κ3) is 2.03. The molecule has 0 saturated heterocycles. The van der Waals surface area contributed by atoms with E-state index in [1.165, 1.54) is 57.8 Å². The lowest BCUT2D eigenvalue weighted by Crippen LogP contribution is -2.32. The van der Waals surface area contributed by atoms with E-state index in [-0.39, 0.29) is 0 Å². The Kier molecular flexibility index (Phi) is 3.24. The second-order valence-corrected chi connectivity index (χ2v) is 6.47. The van der Waals surface area contributed by atoms with Crippen LogP contribution in [0.5, 0.6) is 0 Å². The molecule has 0 radical (unpaired) electrons. The van der Waals surface area contributed by atoms with Gasteiger partial charge in [0.1, 0.15) is 0 Å². The Morgan fingerprint density at radius 2 is 1.62 bits per heavy atom. The van der Waals surface area contributed by atoms with Gasteiger partial charge < -0.3 is 5.32 Å². The lowest BCUT2D eigenvalue weighted by Gasteiger charge is -2.27. The maximum Gasteiger partial charge on any atom is 0.0100 e. The fraction of sp³-hybridized carbons (Fsp3) is 1.00. The first kappa shape index (κ1) is 11.1. The van der Waals surface area contributed by atoms with Crippen LogP contribution in [0.15, 0.2) is 0 Å². The van der Waals surface area contributed by atoms with Gasteiger partial charge in [-0.3, -0.25) is 0 Å². The first-order valence-corrected chi connectivity index (χ1v) is 7.57. The van der Waals surface area contributed by atoms with Crippen molar-refractivity contribution >= 4 is 0 Å².